The number of benzene rings is 3. The number of rotatable bonds is 37. The summed E-state index contributed by atoms with van der Waals surface area (Å²) in [7, 11) is 0. The maximum absolute atomic E-state index is 13.1. The van der Waals surface area contributed by atoms with Gasteiger partial charge in [-0.05, 0) is 29.5 Å². The molecule has 0 saturated carbocycles. The summed E-state index contributed by atoms with van der Waals surface area (Å²) in [6.45, 7) is 6.05. The molecule has 0 spiro atoms. The molecule has 0 aliphatic heterocycles. The summed E-state index contributed by atoms with van der Waals surface area (Å²) in [6.07, 6.45) is 34.5. The van der Waals surface area contributed by atoms with E-state index >= 15 is 0 Å². The molecule has 1 N–H and O–H groups in total. The van der Waals surface area contributed by atoms with E-state index in [9.17, 15) is 4.79 Å². The molecule has 57 heavy (non-hydrogen) atoms. The molecule has 1 unspecified atom stereocenters. The van der Waals surface area contributed by atoms with E-state index < -0.39 is 5.60 Å². The van der Waals surface area contributed by atoms with Crippen molar-refractivity contribution in [1.82, 2.24) is 5.32 Å². The van der Waals surface area contributed by atoms with Gasteiger partial charge in [0.25, 0.3) is 0 Å². The molecule has 4 heteroatoms. The highest BCUT2D eigenvalue weighted by Gasteiger charge is 2.38. The maximum Gasteiger partial charge on any atom is 0.220 e. The highest BCUT2D eigenvalue weighted by molar-refractivity contribution is 5.75. The Morgan fingerprint density at radius 1 is 0.474 bits per heavy atom. The van der Waals surface area contributed by atoms with Gasteiger partial charge in [0.2, 0.25) is 5.91 Å². The molecule has 3 rings (SSSR count). The van der Waals surface area contributed by atoms with Gasteiger partial charge in [0.1, 0.15) is 5.60 Å². The van der Waals surface area contributed by atoms with Crippen molar-refractivity contribution < 1.29 is 14.3 Å². The molecule has 0 aliphatic carbocycles. The topological polar surface area (TPSA) is 47.6 Å². The summed E-state index contributed by atoms with van der Waals surface area (Å²) < 4.78 is 13.7. The lowest BCUT2D eigenvalue weighted by Crippen LogP contribution is -2.41. The summed E-state index contributed by atoms with van der Waals surface area (Å²) in [6, 6.07) is 31.6. The molecule has 1 atom stereocenters. The van der Waals surface area contributed by atoms with E-state index in [-0.39, 0.29) is 12.0 Å². The Morgan fingerprint density at radius 3 is 1.18 bits per heavy atom. The van der Waals surface area contributed by atoms with E-state index in [4.69, 9.17) is 9.47 Å². The second-order valence-corrected chi connectivity index (χ2v) is 16.6. The van der Waals surface area contributed by atoms with Crippen molar-refractivity contribution in [2.24, 2.45) is 0 Å². The zero-order valence-electron chi connectivity index (χ0n) is 36.7. The first-order valence-electron chi connectivity index (χ1n) is 23.9. The van der Waals surface area contributed by atoms with Crippen LogP contribution in [0.5, 0.6) is 0 Å². The third-order valence-electron chi connectivity index (χ3n) is 11.7. The standard InChI is InChI=1S/C53H83NO3/c1-3-5-7-9-11-13-15-16-17-18-20-22-24-26-37-45-56-51(46-54-52(55)44-36-25-23-21-19-14-12-10-8-6-4-2)47-57-53(48-38-30-27-31-39-48,49-40-32-28-33-41-49)50-42-34-29-35-43-50/h27-35,38-43,51H,3-26,36-37,44-47H2,1-2H3,(H,54,55). The van der Waals surface area contributed by atoms with Gasteiger partial charge in [-0.3, -0.25) is 4.79 Å². The average Bonchev–Trinajstić information content (AvgIpc) is 3.25. The van der Waals surface area contributed by atoms with E-state index in [0.29, 0.717) is 26.2 Å². The van der Waals surface area contributed by atoms with Crippen LogP contribution >= 0.6 is 0 Å². The quantitative estimate of drug-likeness (QED) is 0.0468. The van der Waals surface area contributed by atoms with Gasteiger partial charge in [-0.25, -0.2) is 0 Å². The van der Waals surface area contributed by atoms with E-state index in [1.807, 2.05) is 0 Å². The summed E-state index contributed by atoms with van der Waals surface area (Å²) in [5, 5.41) is 3.23. The van der Waals surface area contributed by atoms with Crippen molar-refractivity contribution in [3.8, 4) is 0 Å². The number of hydrogen-bond acceptors (Lipinski definition) is 3. The summed E-state index contributed by atoms with van der Waals surface area (Å²) >= 11 is 0. The predicted molar refractivity (Wildman–Crippen MR) is 244 cm³/mol. The molecule has 4 nitrogen and oxygen atoms in total. The predicted octanol–water partition coefficient (Wildman–Crippen LogP) is 15.1. The third-order valence-corrected chi connectivity index (χ3v) is 11.7. The van der Waals surface area contributed by atoms with Crippen LogP contribution in [0.15, 0.2) is 91.0 Å². The largest absolute Gasteiger partial charge is 0.374 e. The second kappa shape index (κ2) is 32.9. The minimum Gasteiger partial charge on any atom is -0.374 e. The first-order valence-corrected chi connectivity index (χ1v) is 23.9. The zero-order valence-corrected chi connectivity index (χ0v) is 36.7. The lowest BCUT2D eigenvalue weighted by molar-refractivity contribution is -0.122. The van der Waals surface area contributed by atoms with Crippen molar-refractivity contribution in [2.45, 2.75) is 199 Å². The van der Waals surface area contributed by atoms with Crippen LogP contribution in [0.1, 0.15) is 204 Å². The molecule has 0 aliphatic rings. The van der Waals surface area contributed by atoms with Crippen molar-refractivity contribution in [3.05, 3.63) is 108 Å². The molecule has 0 heterocycles. The highest BCUT2D eigenvalue weighted by Crippen LogP contribution is 2.40. The number of unbranched alkanes of at least 4 members (excludes halogenated alkanes) is 24. The van der Waals surface area contributed by atoms with E-state index in [2.05, 4.69) is 110 Å². The van der Waals surface area contributed by atoms with Crippen molar-refractivity contribution in [3.63, 3.8) is 0 Å². The monoisotopic (exact) mass is 782 g/mol. The fourth-order valence-electron chi connectivity index (χ4n) is 8.14. The Hall–Kier alpha value is -2.95. The van der Waals surface area contributed by atoms with Gasteiger partial charge in [-0.2, -0.15) is 0 Å². The average molecular weight is 782 g/mol. The Labute approximate surface area is 350 Å². The van der Waals surface area contributed by atoms with E-state index in [1.54, 1.807) is 0 Å². The lowest BCUT2D eigenvalue weighted by Gasteiger charge is -2.37. The van der Waals surface area contributed by atoms with Crippen LogP contribution in [0.25, 0.3) is 0 Å². The van der Waals surface area contributed by atoms with E-state index in [1.165, 1.54) is 148 Å². The minimum atomic E-state index is -0.820. The Balaban J connectivity index is 1.50. The van der Waals surface area contributed by atoms with Gasteiger partial charge in [-0.15, -0.1) is 0 Å². The maximum atomic E-state index is 13.1. The summed E-state index contributed by atoms with van der Waals surface area (Å²) in [4.78, 5) is 13.1. The number of carbonyl (C=O) groups excluding carboxylic acids is 1. The SMILES string of the molecule is CCCCCCCCCCCCCCCCCOC(CNC(=O)CCCCCCCCCCCCC)COC(c1ccccc1)(c1ccccc1)c1ccccc1. The highest BCUT2D eigenvalue weighted by atomic mass is 16.5. The molecule has 3 aromatic rings. The summed E-state index contributed by atoms with van der Waals surface area (Å²) in [5.41, 5.74) is 2.40. The first-order chi connectivity index (χ1) is 28.2. The Morgan fingerprint density at radius 2 is 0.807 bits per heavy atom. The first kappa shape index (κ1) is 48.4. The van der Waals surface area contributed by atoms with Crippen LogP contribution in [-0.4, -0.2) is 31.8 Å². The number of ether oxygens (including phenoxy) is 2. The zero-order chi connectivity index (χ0) is 40.3. The van der Waals surface area contributed by atoms with Gasteiger partial charge in [-0.1, -0.05) is 259 Å². The molecule has 0 fully saturated rings. The van der Waals surface area contributed by atoms with Crippen molar-refractivity contribution in [1.29, 1.82) is 0 Å². The Bertz CT molecular complexity index is 1230. The van der Waals surface area contributed by atoms with Crippen molar-refractivity contribution in [2.75, 3.05) is 19.8 Å². The van der Waals surface area contributed by atoms with Crippen LogP contribution < -0.4 is 5.32 Å². The van der Waals surface area contributed by atoms with Crippen LogP contribution in [0.4, 0.5) is 0 Å². The second-order valence-electron chi connectivity index (χ2n) is 16.6. The van der Waals surface area contributed by atoms with Gasteiger partial charge in [0, 0.05) is 19.6 Å². The molecule has 1 amide bonds. The fraction of sp³-hybridized carbons (Fsp3) is 0.642. The molecule has 318 valence electrons. The molecule has 0 saturated heterocycles. The number of hydrogen-bond donors (Lipinski definition) is 1. The smallest absolute Gasteiger partial charge is 0.220 e. The molecule has 0 radical (unpaired) electrons. The van der Waals surface area contributed by atoms with Gasteiger partial charge in [0.05, 0.1) is 12.7 Å². The molecular weight excluding hydrogens is 699 g/mol. The lowest BCUT2D eigenvalue weighted by atomic mass is 9.80. The molecule has 0 aromatic heterocycles. The van der Waals surface area contributed by atoms with Gasteiger partial charge < -0.3 is 14.8 Å². The van der Waals surface area contributed by atoms with Crippen LogP contribution in [0.3, 0.4) is 0 Å². The number of amides is 1. The third kappa shape index (κ3) is 21.0. The van der Waals surface area contributed by atoms with Gasteiger partial charge in [0.15, 0.2) is 0 Å². The minimum absolute atomic E-state index is 0.118. The number of carbonyl (C=O) groups is 1. The molecule has 3 aromatic carbocycles. The van der Waals surface area contributed by atoms with Crippen molar-refractivity contribution >= 4 is 5.91 Å². The van der Waals surface area contributed by atoms with Crippen LogP contribution in [-0.2, 0) is 19.9 Å². The summed E-state index contributed by atoms with van der Waals surface area (Å²) in [5.74, 6) is 0.118. The number of nitrogens with one attached hydrogen (secondary N) is 1. The molecule has 0 bridgehead atoms. The van der Waals surface area contributed by atoms with Crippen LogP contribution in [0, 0.1) is 0 Å². The normalized spacial score (nSPS) is 12.2. The van der Waals surface area contributed by atoms with Gasteiger partial charge >= 0.3 is 0 Å². The fourth-order valence-corrected chi connectivity index (χ4v) is 8.14. The molecular formula is C53H83NO3. The Kier molecular flexibility index (Phi) is 28.0. The van der Waals surface area contributed by atoms with Crippen LogP contribution in [0.2, 0.25) is 0 Å². The van der Waals surface area contributed by atoms with E-state index in [0.717, 1.165) is 36.0 Å².